The average Bonchev–Trinajstić information content (AvgIpc) is 3.26. The van der Waals surface area contributed by atoms with Crippen LogP contribution in [0.4, 0.5) is 5.69 Å². The molecule has 4 nitrogen and oxygen atoms in total. The third-order valence-electron chi connectivity index (χ3n) is 4.79. The standard InChI is InChI=1S/C19H18N2O2/c1-13-6-8-14(9-7-13)18-19(10-11-19)17(21-23-18)15-4-2-3-5-16(15)20-12-22/h2-9,12,18H,10-11H2,1H3,(H,20,22). The SMILES string of the molecule is Cc1ccc(C2ON=C(c3ccccc3NC=O)C23CC3)cc1. The van der Waals surface area contributed by atoms with Crippen LogP contribution < -0.4 is 5.32 Å². The lowest BCUT2D eigenvalue weighted by molar-refractivity contribution is -0.105. The predicted molar refractivity (Wildman–Crippen MR) is 89.3 cm³/mol. The maximum absolute atomic E-state index is 10.9. The molecule has 1 unspecified atom stereocenters. The van der Waals surface area contributed by atoms with E-state index in [1.54, 1.807) is 0 Å². The van der Waals surface area contributed by atoms with Gasteiger partial charge in [-0.05, 0) is 31.4 Å². The van der Waals surface area contributed by atoms with Crippen molar-refractivity contribution in [1.82, 2.24) is 0 Å². The summed E-state index contributed by atoms with van der Waals surface area (Å²) in [4.78, 5) is 16.7. The Morgan fingerprint density at radius 1 is 1.17 bits per heavy atom. The molecule has 4 rings (SSSR count). The number of nitrogens with zero attached hydrogens (tertiary/aromatic N) is 1. The molecule has 0 saturated heterocycles. The summed E-state index contributed by atoms with van der Waals surface area (Å²) in [5.74, 6) is 0. The number of rotatable bonds is 4. The van der Waals surface area contributed by atoms with Gasteiger partial charge in [0.2, 0.25) is 6.41 Å². The van der Waals surface area contributed by atoms with Crippen molar-refractivity contribution in [2.45, 2.75) is 25.9 Å². The Kier molecular flexibility index (Phi) is 3.18. The van der Waals surface area contributed by atoms with Crippen molar-refractivity contribution in [1.29, 1.82) is 0 Å². The molecule has 2 aromatic rings. The number of hydrogen-bond donors (Lipinski definition) is 1. The maximum atomic E-state index is 10.9. The van der Waals surface area contributed by atoms with Gasteiger partial charge in [-0.25, -0.2) is 0 Å². The molecule has 4 heteroatoms. The molecule has 1 amide bonds. The Labute approximate surface area is 135 Å². The molecule has 0 radical (unpaired) electrons. The predicted octanol–water partition coefficient (Wildman–Crippen LogP) is 3.82. The molecular formula is C19H18N2O2. The Morgan fingerprint density at radius 2 is 1.91 bits per heavy atom. The van der Waals surface area contributed by atoms with Gasteiger partial charge in [-0.3, -0.25) is 4.79 Å². The van der Waals surface area contributed by atoms with Crippen LogP contribution >= 0.6 is 0 Å². The summed E-state index contributed by atoms with van der Waals surface area (Å²) < 4.78 is 0. The van der Waals surface area contributed by atoms with Crippen LogP contribution in [0.3, 0.4) is 0 Å². The van der Waals surface area contributed by atoms with Crippen LogP contribution in [-0.2, 0) is 9.63 Å². The van der Waals surface area contributed by atoms with E-state index in [9.17, 15) is 4.79 Å². The number of carbonyl (C=O) groups is 1. The van der Waals surface area contributed by atoms with Crippen molar-refractivity contribution in [3.05, 3.63) is 65.2 Å². The zero-order valence-corrected chi connectivity index (χ0v) is 13.0. The molecule has 23 heavy (non-hydrogen) atoms. The minimum absolute atomic E-state index is 0.0395. The quantitative estimate of drug-likeness (QED) is 0.873. The Bertz CT molecular complexity index is 776. The number of benzene rings is 2. The molecule has 1 spiro atoms. The summed E-state index contributed by atoms with van der Waals surface area (Å²) in [7, 11) is 0. The van der Waals surface area contributed by atoms with E-state index in [1.807, 2.05) is 24.3 Å². The lowest BCUT2D eigenvalue weighted by Crippen LogP contribution is -2.20. The normalized spacial score (nSPS) is 20.7. The molecular weight excluding hydrogens is 288 g/mol. The molecule has 1 saturated carbocycles. The van der Waals surface area contributed by atoms with Crippen LogP contribution in [0.15, 0.2) is 53.7 Å². The van der Waals surface area contributed by atoms with Gasteiger partial charge in [0, 0.05) is 11.3 Å². The minimum atomic E-state index is -0.0596. The minimum Gasteiger partial charge on any atom is -0.386 e. The van der Waals surface area contributed by atoms with E-state index < -0.39 is 0 Å². The molecule has 0 bridgehead atoms. The molecule has 1 aliphatic carbocycles. The number of hydrogen-bond acceptors (Lipinski definition) is 3. The number of nitrogens with one attached hydrogen (secondary N) is 1. The van der Waals surface area contributed by atoms with Crippen molar-refractivity contribution < 1.29 is 9.63 Å². The highest BCUT2D eigenvalue weighted by atomic mass is 16.6. The fraction of sp³-hybridized carbons (Fsp3) is 0.263. The summed E-state index contributed by atoms with van der Waals surface area (Å²) >= 11 is 0. The molecule has 1 fully saturated rings. The van der Waals surface area contributed by atoms with Crippen molar-refractivity contribution in [2.24, 2.45) is 10.6 Å². The number of anilines is 1. The first-order valence-corrected chi connectivity index (χ1v) is 7.85. The number of oxime groups is 1. The van der Waals surface area contributed by atoms with Crippen molar-refractivity contribution in [3.8, 4) is 0 Å². The molecule has 0 aromatic heterocycles. The highest BCUT2D eigenvalue weighted by Crippen LogP contribution is 2.62. The first-order valence-electron chi connectivity index (χ1n) is 7.85. The molecule has 1 atom stereocenters. The van der Waals surface area contributed by atoms with E-state index in [-0.39, 0.29) is 11.5 Å². The van der Waals surface area contributed by atoms with E-state index in [0.717, 1.165) is 35.4 Å². The monoisotopic (exact) mass is 306 g/mol. The summed E-state index contributed by atoms with van der Waals surface area (Å²) in [5, 5.41) is 7.17. The van der Waals surface area contributed by atoms with Crippen LogP contribution in [0.5, 0.6) is 0 Å². The summed E-state index contributed by atoms with van der Waals surface area (Å²) in [6.45, 7) is 2.08. The summed E-state index contributed by atoms with van der Waals surface area (Å²) in [6, 6.07) is 16.2. The first kappa shape index (κ1) is 14.0. The first-order chi connectivity index (χ1) is 11.2. The molecule has 1 aliphatic heterocycles. The second-order valence-corrected chi connectivity index (χ2v) is 6.30. The largest absolute Gasteiger partial charge is 0.386 e. The number of aryl methyl sites for hydroxylation is 1. The fourth-order valence-corrected chi connectivity index (χ4v) is 3.37. The zero-order chi connectivity index (χ0) is 15.9. The maximum Gasteiger partial charge on any atom is 0.211 e. The van der Waals surface area contributed by atoms with Gasteiger partial charge >= 0.3 is 0 Å². The van der Waals surface area contributed by atoms with Gasteiger partial charge in [0.15, 0.2) is 6.10 Å². The number of para-hydroxylation sites is 1. The van der Waals surface area contributed by atoms with Crippen molar-refractivity contribution in [3.63, 3.8) is 0 Å². The molecule has 2 aromatic carbocycles. The van der Waals surface area contributed by atoms with Crippen LogP contribution in [0.2, 0.25) is 0 Å². The second-order valence-electron chi connectivity index (χ2n) is 6.30. The lowest BCUT2D eigenvalue weighted by atomic mass is 9.85. The fourth-order valence-electron chi connectivity index (χ4n) is 3.37. The Hall–Kier alpha value is -2.62. The third-order valence-corrected chi connectivity index (χ3v) is 4.79. The molecule has 2 aliphatic rings. The summed E-state index contributed by atoms with van der Waals surface area (Å²) in [6.07, 6.45) is 2.77. The zero-order valence-electron chi connectivity index (χ0n) is 13.0. The third kappa shape index (κ3) is 2.22. The lowest BCUT2D eigenvalue weighted by Gasteiger charge is -2.19. The van der Waals surface area contributed by atoms with Gasteiger partial charge in [0.25, 0.3) is 0 Å². The molecule has 116 valence electrons. The van der Waals surface area contributed by atoms with Crippen molar-refractivity contribution >= 4 is 17.8 Å². The van der Waals surface area contributed by atoms with Crippen molar-refractivity contribution in [2.75, 3.05) is 5.32 Å². The van der Waals surface area contributed by atoms with Gasteiger partial charge in [0.05, 0.1) is 11.1 Å². The van der Waals surface area contributed by atoms with Gasteiger partial charge in [-0.1, -0.05) is 53.2 Å². The molecule has 1 N–H and O–H groups in total. The van der Waals surface area contributed by atoms with Gasteiger partial charge in [-0.15, -0.1) is 0 Å². The van der Waals surface area contributed by atoms with Crippen LogP contribution in [0.25, 0.3) is 0 Å². The second kappa shape index (κ2) is 5.23. The summed E-state index contributed by atoms with van der Waals surface area (Å²) in [5.41, 5.74) is 5.02. The van der Waals surface area contributed by atoms with E-state index >= 15 is 0 Å². The number of carbonyl (C=O) groups excluding carboxylic acids is 1. The van der Waals surface area contributed by atoms with Crippen LogP contribution in [0.1, 0.15) is 35.6 Å². The van der Waals surface area contributed by atoms with E-state index in [1.165, 1.54) is 5.56 Å². The molecule has 1 heterocycles. The van der Waals surface area contributed by atoms with Crippen LogP contribution in [0, 0.1) is 12.3 Å². The Morgan fingerprint density at radius 3 is 2.61 bits per heavy atom. The number of amides is 1. The van der Waals surface area contributed by atoms with E-state index in [2.05, 4.69) is 41.7 Å². The highest BCUT2D eigenvalue weighted by Gasteiger charge is 2.60. The van der Waals surface area contributed by atoms with Crippen LogP contribution in [-0.4, -0.2) is 12.1 Å². The smallest absolute Gasteiger partial charge is 0.211 e. The average molecular weight is 306 g/mol. The van der Waals surface area contributed by atoms with E-state index in [0.29, 0.717) is 6.41 Å². The van der Waals surface area contributed by atoms with Gasteiger partial charge < -0.3 is 10.2 Å². The highest BCUT2D eigenvalue weighted by molar-refractivity contribution is 6.11. The van der Waals surface area contributed by atoms with E-state index in [4.69, 9.17) is 4.84 Å². The Balaban J connectivity index is 1.70. The van der Waals surface area contributed by atoms with Gasteiger partial charge in [-0.2, -0.15) is 0 Å². The van der Waals surface area contributed by atoms with Gasteiger partial charge in [0.1, 0.15) is 0 Å². The topological polar surface area (TPSA) is 50.7 Å².